The number of amides is 2. The van der Waals surface area contributed by atoms with Crippen molar-refractivity contribution in [2.45, 2.75) is 18.1 Å². The van der Waals surface area contributed by atoms with Gasteiger partial charge >= 0.3 is 18.2 Å². The molecule has 13 heteroatoms. The van der Waals surface area contributed by atoms with Crippen molar-refractivity contribution in [2.24, 2.45) is 0 Å². The number of fused-ring (bicyclic) bond motifs is 3. The standard InChI is InChI=1S/C21H15F3N4O6/c22-21(23,24)16(19(30)31)25-18(29)15-17(28-34-27-15)26-20(32)33-9-14-12-7-3-1-5-10(12)11-6-2-4-8-13(11)14/h1-8,14,16H,9H2,(H,25,29)(H,30,31)(H,26,28,32). The molecule has 3 N–H and O–H groups in total. The minimum atomic E-state index is -5.26. The molecule has 0 aliphatic heterocycles. The first-order valence-corrected chi connectivity index (χ1v) is 9.71. The van der Waals surface area contributed by atoms with E-state index in [0.717, 1.165) is 22.3 Å². The number of carbonyl (C=O) groups is 3. The summed E-state index contributed by atoms with van der Waals surface area (Å²) in [5.41, 5.74) is 3.05. The number of carbonyl (C=O) groups excluding carboxylic acids is 2. The van der Waals surface area contributed by atoms with Crippen LogP contribution in [0.2, 0.25) is 0 Å². The number of nitrogens with one attached hydrogen (secondary N) is 2. The minimum Gasteiger partial charge on any atom is -0.479 e. The summed E-state index contributed by atoms with van der Waals surface area (Å²) < 4.78 is 48.0. The van der Waals surface area contributed by atoms with Crippen LogP contribution in [0.3, 0.4) is 0 Å². The summed E-state index contributed by atoms with van der Waals surface area (Å²) >= 11 is 0. The number of hydrogen-bond acceptors (Lipinski definition) is 7. The summed E-state index contributed by atoms with van der Waals surface area (Å²) in [6, 6.07) is 12.0. The van der Waals surface area contributed by atoms with Gasteiger partial charge in [-0.2, -0.15) is 13.2 Å². The predicted molar refractivity (Wildman–Crippen MR) is 108 cm³/mol. The van der Waals surface area contributed by atoms with Gasteiger partial charge in [-0.25, -0.2) is 14.2 Å². The van der Waals surface area contributed by atoms with Crippen LogP contribution >= 0.6 is 0 Å². The van der Waals surface area contributed by atoms with Crippen LogP contribution in [0.1, 0.15) is 27.5 Å². The molecule has 0 radical (unpaired) electrons. The van der Waals surface area contributed by atoms with Gasteiger partial charge in [0.25, 0.3) is 5.91 Å². The summed E-state index contributed by atoms with van der Waals surface area (Å²) in [6.07, 6.45) is -6.34. The second kappa shape index (κ2) is 8.84. The van der Waals surface area contributed by atoms with Gasteiger partial charge in [0, 0.05) is 5.92 Å². The van der Waals surface area contributed by atoms with Crippen molar-refractivity contribution in [3.05, 3.63) is 65.4 Å². The molecule has 34 heavy (non-hydrogen) atoms. The van der Waals surface area contributed by atoms with Crippen molar-refractivity contribution in [3.8, 4) is 11.1 Å². The number of carboxylic acids is 1. The minimum absolute atomic E-state index is 0.0815. The number of rotatable bonds is 6. The maximum absolute atomic E-state index is 12.8. The highest BCUT2D eigenvalue weighted by molar-refractivity contribution is 6.01. The fourth-order valence-corrected chi connectivity index (χ4v) is 3.63. The molecule has 1 aliphatic carbocycles. The SMILES string of the molecule is O=C(Nc1nonc1C(=O)NC(C(=O)O)C(F)(F)F)OCC1c2ccccc2-c2ccccc21. The molecule has 3 aromatic rings. The summed E-state index contributed by atoms with van der Waals surface area (Å²) in [5.74, 6) is -4.80. The van der Waals surface area contributed by atoms with E-state index in [-0.39, 0.29) is 12.5 Å². The number of aromatic nitrogens is 2. The zero-order chi connectivity index (χ0) is 24.5. The van der Waals surface area contributed by atoms with Gasteiger partial charge in [-0.1, -0.05) is 48.5 Å². The lowest BCUT2D eigenvalue weighted by Crippen LogP contribution is -2.50. The van der Waals surface area contributed by atoms with E-state index in [2.05, 4.69) is 20.3 Å². The highest BCUT2D eigenvalue weighted by Crippen LogP contribution is 2.44. The average molecular weight is 476 g/mol. The van der Waals surface area contributed by atoms with E-state index in [0.29, 0.717) is 0 Å². The second-order valence-corrected chi connectivity index (χ2v) is 7.20. The molecule has 2 amide bonds. The van der Waals surface area contributed by atoms with Crippen LogP contribution in [0.15, 0.2) is 53.2 Å². The highest BCUT2D eigenvalue weighted by Gasteiger charge is 2.47. The molecule has 2 aromatic carbocycles. The lowest BCUT2D eigenvalue weighted by atomic mass is 9.98. The van der Waals surface area contributed by atoms with Crippen molar-refractivity contribution < 1.29 is 42.0 Å². The fourth-order valence-electron chi connectivity index (χ4n) is 3.63. The van der Waals surface area contributed by atoms with Crippen LogP contribution in [0, 0.1) is 0 Å². The van der Waals surface area contributed by atoms with Crippen molar-refractivity contribution in [1.82, 2.24) is 15.6 Å². The number of aliphatic carboxylic acids is 1. The summed E-state index contributed by atoms with van der Waals surface area (Å²) in [7, 11) is 0. The Kier molecular flexibility index (Phi) is 5.92. The molecule has 4 rings (SSSR count). The van der Waals surface area contributed by atoms with E-state index in [1.165, 1.54) is 5.32 Å². The van der Waals surface area contributed by atoms with Crippen molar-refractivity contribution in [3.63, 3.8) is 0 Å². The van der Waals surface area contributed by atoms with Crippen LogP contribution in [-0.2, 0) is 9.53 Å². The number of carboxylic acid groups (broad SMARTS) is 1. The van der Waals surface area contributed by atoms with Gasteiger partial charge in [0.1, 0.15) is 6.61 Å². The maximum Gasteiger partial charge on any atom is 0.419 e. The van der Waals surface area contributed by atoms with Crippen molar-refractivity contribution in [2.75, 3.05) is 11.9 Å². The molecular formula is C21H15F3N4O6. The normalized spacial score (nSPS) is 13.5. The van der Waals surface area contributed by atoms with Gasteiger partial charge in [0.2, 0.25) is 17.6 Å². The Hall–Kier alpha value is -4.42. The van der Waals surface area contributed by atoms with Crippen LogP contribution < -0.4 is 10.6 Å². The molecule has 0 bridgehead atoms. The van der Waals surface area contributed by atoms with E-state index >= 15 is 0 Å². The fraction of sp³-hybridized carbons (Fsp3) is 0.190. The van der Waals surface area contributed by atoms with Gasteiger partial charge in [0.15, 0.2) is 0 Å². The first-order valence-electron chi connectivity index (χ1n) is 9.71. The third-order valence-electron chi connectivity index (χ3n) is 5.12. The summed E-state index contributed by atoms with van der Waals surface area (Å²) in [5, 5.41) is 18.4. The molecule has 1 aliphatic rings. The Morgan fingerprint density at radius 1 is 1.03 bits per heavy atom. The molecule has 1 aromatic heterocycles. The largest absolute Gasteiger partial charge is 0.479 e. The van der Waals surface area contributed by atoms with Crippen LogP contribution in [-0.4, -0.2) is 52.2 Å². The van der Waals surface area contributed by atoms with E-state index in [9.17, 15) is 27.6 Å². The number of nitrogens with zero attached hydrogens (tertiary/aromatic N) is 2. The lowest BCUT2D eigenvalue weighted by Gasteiger charge is -2.16. The molecule has 0 saturated carbocycles. The van der Waals surface area contributed by atoms with Gasteiger partial charge in [0.05, 0.1) is 0 Å². The Morgan fingerprint density at radius 3 is 2.18 bits per heavy atom. The number of halogens is 3. The number of ether oxygens (including phenoxy) is 1. The van der Waals surface area contributed by atoms with Crippen LogP contribution in [0.25, 0.3) is 11.1 Å². The van der Waals surface area contributed by atoms with E-state index in [1.54, 1.807) is 0 Å². The monoisotopic (exact) mass is 476 g/mol. The third-order valence-corrected chi connectivity index (χ3v) is 5.12. The van der Waals surface area contributed by atoms with E-state index in [1.807, 2.05) is 48.5 Å². The quantitative estimate of drug-likeness (QED) is 0.492. The number of hydrogen-bond donors (Lipinski definition) is 3. The molecular weight excluding hydrogens is 461 g/mol. The summed E-state index contributed by atoms with van der Waals surface area (Å²) in [6.45, 7) is -0.0815. The Bertz CT molecular complexity index is 1210. The van der Waals surface area contributed by atoms with Gasteiger partial charge in [-0.05, 0) is 32.6 Å². The molecule has 0 fully saturated rings. The van der Waals surface area contributed by atoms with Crippen LogP contribution in [0.4, 0.5) is 23.8 Å². The van der Waals surface area contributed by atoms with Crippen molar-refractivity contribution in [1.29, 1.82) is 0 Å². The molecule has 1 unspecified atom stereocenters. The smallest absolute Gasteiger partial charge is 0.419 e. The first-order chi connectivity index (χ1) is 16.2. The van der Waals surface area contributed by atoms with Gasteiger partial charge in [-0.15, -0.1) is 0 Å². The molecule has 0 spiro atoms. The number of benzene rings is 2. The Labute approximate surface area is 188 Å². The first kappa shape index (κ1) is 22.8. The molecule has 0 saturated heterocycles. The van der Waals surface area contributed by atoms with Gasteiger partial charge < -0.3 is 15.2 Å². The maximum atomic E-state index is 12.8. The predicted octanol–water partition coefficient (Wildman–Crippen LogP) is 3.18. The third kappa shape index (κ3) is 4.40. The lowest BCUT2D eigenvalue weighted by molar-refractivity contribution is -0.178. The average Bonchev–Trinajstić information content (AvgIpc) is 3.37. The molecule has 1 atom stereocenters. The number of alkyl halides is 3. The van der Waals surface area contributed by atoms with E-state index in [4.69, 9.17) is 9.84 Å². The van der Waals surface area contributed by atoms with Gasteiger partial charge in [-0.3, -0.25) is 10.1 Å². The molecule has 176 valence electrons. The molecule has 1 heterocycles. The highest BCUT2D eigenvalue weighted by atomic mass is 19.4. The van der Waals surface area contributed by atoms with E-state index < -0.39 is 41.7 Å². The second-order valence-electron chi connectivity index (χ2n) is 7.20. The number of anilines is 1. The summed E-state index contributed by atoms with van der Waals surface area (Å²) in [4.78, 5) is 35.2. The Balaban J connectivity index is 1.43. The Morgan fingerprint density at radius 2 is 1.62 bits per heavy atom. The van der Waals surface area contributed by atoms with Crippen LogP contribution in [0.5, 0.6) is 0 Å². The topological polar surface area (TPSA) is 144 Å². The zero-order valence-electron chi connectivity index (χ0n) is 17.0. The molecule has 10 nitrogen and oxygen atoms in total. The zero-order valence-corrected chi connectivity index (χ0v) is 17.0. The van der Waals surface area contributed by atoms with Crippen molar-refractivity contribution >= 4 is 23.8 Å².